The van der Waals surface area contributed by atoms with Gasteiger partial charge in [0, 0.05) is 42.9 Å². The molecule has 2 N–H and O–H groups in total. The van der Waals surface area contributed by atoms with Gasteiger partial charge in [0.1, 0.15) is 5.75 Å². The normalized spacial score (nSPS) is 15.6. The number of rotatable bonds is 7. The number of carbonyl (C=O) groups excluding carboxylic acids is 1. The predicted octanol–water partition coefficient (Wildman–Crippen LogP) is 2.22. The largest absolute Gasteiger partial charge is 0.488 e. The van der Waals surface area contributed by atoms with Gasteiger partial charge in [-0.05, 0) is 38.1 Å². The maximum Gasteiger partial charge on any atom is 0.262 e. The highest BCUT2D eigenvalue weighted by molar-refractivity contribution is 5.93. The Morgan fingerprint density at radius 3 is 2.87 bits per heavy atom. The van der Waals surface area contributed by atoms with Crippen molar-refractivity contribution in [2.45, 2.75) is 19.4 Å². The van der Waals surface area contributed by atoms with Gasteiger partial charge in [-0.3, -0.25) is 9.78 Å². The van der Waals surface area contributed by atoms with Crippen molar-refractivity contribution in [3.05, 3.63) is 54.7 Å². The Kier molecular flexibility index (Phi) is 6.09. The average molecular weight is 406 g/mol. The predicted molar refractivity (Wildman–Crippen MR) is 109 cm³/mol. The monoisotopic (exact) mass is 406 g/mol. The third kappa shape index (κ3) is 4.69. The van der Waals surface area contributed by atoms with Crippen molar-refractivity contribution < 1.29 is 14.3 Å². The summed E-state index contributed by atoms with van der Waals surface area (Å²) >= 11 is 0. The fourth-order valence-electron chi connectivity index (χ4n) is 3.07. The van der Waals surface area contributed by atoms with Gasteiger partial charge in [-0.1, -0.05) is 0 Å². The van der Waals surface area contributed by atoms with Crippen LogP contribution in [0.1, 0.15) is 23.7 Å². The highest BCUT2D eigenvalue weighted by atomic mass is 16.5. The Labute approximate surface area is 173 Å². The summed E-state index contributed by atoms with van der Waals surface area (Å²) in [6.45, 7) is 4.09. The van der Waals surface area contributed by atoms with Crippen LogP contribution in [0.5, 0.6) is 17.4 Å². The Morgan fingerprint density at radius 2 is 2.10 bits per heavy atom. The second-order valence-electron chi connectivity index (χ2n) is 6.71. The molecule has 1 fully saturated rings. The molecule has 1 amide bonds. The molecule has 4 heterocycles. The first-order valence-electron chi connectivity index (χ1n) is 9.77. The minimum atomic E-state index is -0.177. The van der Waals surface area contributed by atoms with Crippen LogP contribution in [0.2, 0.25) is 0 Å². The molecule has 0 aliphatic carbocycles. The van der Waals surface area contributed by atoms with E-state index in [1.54, 1.807) is 36.8 Å². The highest BCUT2D eigenvalue weighted by Gasteiger charge is 2.18. The molecule has 1 aliphatic heterocycles. The summed E-state index contributed by atoms with van der Waals surface area (Å²) in [6, 6.07) is 5.47. The zero-order valence-corrected chi connectivity index (χ0v) is 16.5. The van der Waals surface area contributed by atoms with Crippen LogP contribution in [0.25, 0.3) is 11.4 Å². The van der Waals surface area contributed by atoms with Crippen molar-refractivity contribution in [1.29, 1.82) is 0 Å². The highest BCUT2D eigenvalue weighted by Crippen LogP contribution is 2.30. The van der Waals surface area contributed by atoms with Gasteiger partial charge in [-0.15, -0.1) is 0 Å². The van der Waals surface area contributed by atoms with Crippen molar-refractivity contribution in [2.75, 3.05) is 19.7 Å². The van der Waals surface area contributed by atoms with E-state index in [1.165, 1.54) is 12.4 Å². The Balaban J connectivity index is 1.48. The van der Waals surface area contributed by atoms with Gasteiger partial charge < -0.3 is 20.1 Å². The topological polar surface area (TPSA) is 111 Å². The zero-order chi connectivity index (χ0) is 20.8. The Morgan fingerprint density at radius 1 is 1.23 bits per heavy atom. The number of nitrogens with one attached hydrogen (secondary N) is 2. The summed E-state index contributed by atoms with van der Waals surface area (Å²) in [6.07, 6.45) is 8.78. The third-order valence-corrected chi connectivity index (χ3v) is 4.53. The van der Waals surface area contributed by atoms with Crippen LogP contribution in [-0.2, 0) is 0 Å². The van der Waals surface area contributed by atoms with Gasteiger partial charge in [0.2, 0.25) is 0 Å². The summed E-state index contributed by atoms with van der Waals surface area (Å²) in [4.78, 5) is 29.4. The van der Waals surface area contributed by atoms with Crippen molar-refractivity contribution in [3.8, 4) is 28.8 Å². The van der Waals surface area contributed by atoms with Crippen LogP contribution in [0.3, 0.4) is 0 Å². The molecule has 154 valence electrons. The van der Waals surface area contributed by atoms with Crippen molar-refractivity contribution in [3.63, 3.8) is 0 Å². The molecule has 0 bridgehead atoms. The van der Waals surface area contributed by atoms with E-state index in [0.717, 1.165) is 19.5 Å². The van der Waals surface area contributed by atoms with E-state index < -0.39 is 0 Å². The molecule has 9 nitrogen and oxygen atoms in total. The van der Waals surface area contributed by atoms with E-state index in [4.69, 9.17) is 9.47 Å². The van der Waals surface area contributed by atoms with Crippen LogP contribution in [0.15, 0.2) is 49.2 Å². The van der Waals surface area contributed by atoms with Crippen LogP contribution in [-0.4, -0.2) is 51.6 Å². The van der Waals surface area contributed by atoms with E-state index in [-0.39, 0.29) is 11.9 Å². The fraction of sp³-hybridized carbons (Fsp3) is 0.286. The van der Waals surface area contributed by atoms with Crippen molar-refractivity contribution >= 4 is 5.91 Å². The average Bonchev–Trinajstić information content (AvgIpc) is 3.29. The lowest BCUT2D eigenvalue weighted by Gasteiger charge is -2.11. The molecule has 4 rings (SSSR count). The zero-order valence-electron chi connectivity index (χ0n) is 16.5. The van der Waals surface area contributed by atoms with Gasteiger partial charge in [0.05, 0.1) is 18.4 Å². The smallest absolute Gasteiger partial charge is 0.262 e. The van der Waals surface area contributed by atoms with E-state index in [2.05, 4.69) is 30.6 Å². The number of pyridine rings is 2. The van der Waals surface area contributed by atoms with Gasteiger partial charge in [0.15, 0.2) is 11.6 Å². The molecule has 1 saturated heterocycles. The van der Waals surface area contributed by atoms with E-state index in [9.17, 15) is 4.79 Å². The van der Waals surface area contributed by atoms with E-state index in [1.807, 2.05) is 6.92 Å². The lowest BCUT2D eigenvalue weighted by molar-refractivity contribution is 0.0939. The van der Waals surface area contributed by atoms with Gasteiger partial charge in [0.25, 0.3) is 11.8 Å². The summed E-state index contributed by atoms with van der Waals surface area (Å²) in [5, 5.41) is 6.19. The first-order chi connectivity index (χ1) is 14.7. The minimum absolute atomic E-state index is 0.142. The molecule has 3 aromatic heterocycles. The second-order valence-corrected chi connectivity index (χ2v) is 6.71. The third-order valence-electron chi connectivity index (χ3n) is 4.53. The van der Waals surface area contributed by atoms with Crippen LogP contribution < -0.4 is 20.1 Å². The van der Waals surface area contributed by atoms with E-state index in [0.29, 0.717) is 40.9 Å². The number of aromatic nitrogens is 4. The molecule has 9 heteroatoms. The summed E-state index contributed by atoms with van der Waals surface area (Å²) in [5.74, 6) is 1.65. The first kappa shape index (κ1) is 19.7. The molecule has 0 aromatic carbocycles. The fourth-order valence-corrected chi connectivity index (χ4v) is 3.07. The van der Waals surface area contributed by atoms with Gasteiger partial charge in [-0.25, -0.2) is 15.0 Å². The first-order valence-corrected chi connectivity index (χ1v) is 9.77. The second kappa shape index (κ2) is 9.27. The summed E-state index contributed by atoms with van der Waals surface area (Å²) < 4.78 is 11.4. The molecule has 3 aromatic rings. The Hall–Kier alpha value is -3.59. The van der Waals surface area contributed by atoms with Crippen molar-refractivity contribution in [2.24, 2.45) is 0 Å². The van der Waals surface area contributed by atoms with Crippen LogP contribution in [0.4, 0.5) is 0 Å². The lowest BCUT2D eigenvalue weighted by Crippen LogP contribution is -2.36. The molecule has 0 unspecified atom stereocenters. The number of nitrogens with zero attached hydrogens (tertiary/aromatic N) is 4. The number of amides is 1. The van der Waals surface area contributed by atoms with Gasteiger partial charge in [-0.2, -0.15) is 0 Å². The molecule has 1 aliphatic rings. The molecule has 0 saturated carbocycles. The molecule has 1 atom stereocenters. The summed E-state index contributed by atoms with van der Waals surface area (Å²) in [5.41, 5.74) is 1.08. The van der Waals surface area contributed by atoms with Crippen LogP contribution >= 0.6 is 0 Å². The van der Waals surface area contributed by atoms with Crippen molar-refractivity contribution in [1.82, 2.24) is 30.6 Å². The minimum Gasteiger partial charge on any atom is -0.488 e. The van der Waals surface area contributed by atoms with Gasteiger partial charge >= 0.3 is 0 Å². The number of ether oxygens (including phenoxy) is 2. The maximum absolute atomic E-state index is 12.3. The summed E-state index contributed by atoms with van der Waals surface area (Å²) in [7, 11) is 0. The maximum atomic E-state index is 12.3. The SMILES string of the molecule is CCOc1cccnc1Oc1cncc(-c2ncc(C(=O)N[C@@H]3CCNC3)cn2)c1. The van der Waals surface area contributed by atoms with Crippen LogP contribution in [0, 0.1) is 0 Å². The number of hydrogen-bond acceptors (Lipinski definition) is 8. The number of carbonyl (C=O) groups is 1. The van der Waals surface area contributed by atoms with E-state index >= 15 is 0 Å². The molecule has 0 radical (unpaired) electrons. The Bertz CT molecular complexity index is 1010. The molecular formula is C21H22N6O3. The number of hydrogen-bond donors (Lipinski definition) is 2. The molecule has 30 heavy (non-hydrogen) atoms. The molecule has 0 spiro atoms. The quantitative estimate of drug-likeness (QED) is 0.614. The standard InChI is InChI=1S/C21H22N6O3/c1-2-29-18-4-3-6-24-21(18)30-17-8-14(9-23-13-17)19-25-10-15(11-26-19)20(28)27-16-5-7-22-12-16/h3-4,6,8-11,13,16,22H,2,5,7,12H2,1H3,(H,27,28)/t16-/m1/s1. The molecular weight excluding hydrogens is 384 g/mol. The lowest BCUT2D eigenvalue weighted by atomic mass is 10.2.